The Hall–Kier alpha value is -0.200. The molecule has 0 amide bonds. The highest BCUT2D eigenvalue weighted by molar-refractivity contribution is 9.10. The van der Waals surface area contributed by atoms with Gasteiger partial charge in [0.25, 0.3) is 0 Å². The molecule has 18 heavy (non-hydrogen) atoms. The van der Waals surface area contributed by atoms with Gasteiger partial charge in [0.15, 0.2) is 0 Å². The normalized spacial score (nSPS) is 12.6. The van der Waals surface area contributed by atoms with Crippen LogP contribution in [-0.4, -0.2) is 6.54 Å². The van der Waals surface area contributed by atoms with Crippen LogP contribution in [0.4, 0.5) is 0 Å². The lowest BCUT2D eigenvalue weighted by Crippen LogP contribution is -2.14. The Bertz CT molecular complexity index is 515. The summed E-state index contributed by atoms with van der Waals surface area (Å²) in [6.45, 7) is 1.05. The van der Waals surface area contributed by atoms with Crippen LogP contribution in [0.1, 0.15) is 16.5 Å². The van der Waals surface area contributed by atoms with E-state index in [4.69, 9.17) is 10.5 Å². The Balaban J connectivity index is 1.99. The molecular weight excluding hydrogens is 378 g/mol. The predicted octanol–water partition coefficient (Wildman–Crippen LogP) is 4.49. The highest BCUT2D eigenvalue weighted by Gasteiger charge is 2.12. The standard InChI is InChI=1S/C13H13Br2NOS/c14-10-3-1-2-9(4-10)7-17-12(6-16)13-5-11(15)8-18-13/h1-5,8,12H,6-7,16H2. The highest BCUT2D eigenvalue weighted by atomic mass is 79.9. The third-order valence-corrected chi connectivity index (χ3v) is 4.74. The van der Waals surface area contributed by atoms with E-state index in [1.54, 1.807) is 11.3 Å². The zero-order chi connectivity index (χ0) is 13.0. The molecule has 1 heterocycles. The third kappa shape index (κ3) is 3.90. The Kier molecular flexibility index (Phi) is 5.38. The summed E-state index contributed by atoms with van der Waals surface area (Å²) in [6.07, 6.45) is -0.0414. The first kappa shape index (κ1) is 14.2. The van der Waals surface area contributed by atoms with Crippen LogP contribution in [0.25, 0.3) is 0 Å². The fourth-order valence-corrected chi connectivity index (χ4v) is 3.54. The molecule has 1 unspecified atom stereocenters. The summed E-state index contributed by atoms with van der Waals surface area (Å²) < 4.78 is 8.01. The molecule has 2 rings (SSSR count). The molecule has 2 aromatic rings. The lowest BCUT2D eigenvalue weighted by Gasteiger charge is -2.14. The van der Waals surface area contributed by atoms with E-state index in [2.05, 4.69) is 44.0 Å². The number of benzene rings is 1. The molecular formula is C13H13Br2NOS. The number of ether oxygens (including phenoxy) is 1. The minimum atomic E-state index is -0.0414. The summed E-state index contributed by atoms with van der Waals surface area (Å²) >= 11 is 8.55. The van der Waals surface area contributed by atoms with E-state index in [-0.39, 0.29) is 6.10 Å². The van der Waals surface area contributed by atoms with Gasteiger partial charge in [-0.2, -0.15) is 0 Å². The Morgan fingerprint density at radius 1 is 1.22 bits per heavy atom. The van der Waals surface area contributed by atoms with Crippen molar-refractivity contribution in [1.29, 1.82) is 0 Å². The molecule has 2 N–H and O–H groups in total. The smallest absolute Gasteiger partial charge is 0.104 e. The quantitative estimate of drug-likeness (QED) is 0.816. The molecule has 0 saturated heterocycles. The SMILES string of the molecule is NCC(OCc1cccc(Br)c1)c1cc(Br)cs1. The van der Waals surface area contributed by atoms with E-state index < -0.39 is 0 Å². The van der Waals surface area contributed by atoms with Gasteiger partial charge in [-0.15, -0.1) is 11.3 Å². The Morgan fingerprint density at radius 2 is 2.06 bits per heavy atom. The summed E-state index contributed by atoms with van der Waals surface area (Å²) in [7, 11) is 0. The number of halogens is 2. The summed E-state index contributed by atoms with van der Waals surface area (Å²) in [5.41, 5.74) is 6.90. The van der Waals surface area contributed by atoms with Crippen molar-refractivity contribution in [2.75, 3.05) is 6.54 Å². The van der Waals surface area contributed by atoms with Gasteiger partial charge in [-0.1, -0.05) is 28.1 Å². The zero-order valence-corrected chi connectivity index (χ0v) is 13.6. The van der Waals surface area contributed by atoms with Crippen molar-refractivity contribution < 1.29 is 4.74 Å². The van der Waals surface area contributed by atoms with Crippen LogP contribution >= 0.6 is 43.2 Å². The molecule has 5 heteroatoms. The van der Waals surface area contributed by atoms with Crippen LogP contribution in [0.3, 0.4) is 0 Å². The molecule has 0 bridgehead atoms. The molecule has 1 atom stereocenters. The van der Waals surface area contributed by atoms with Gasteiger partial charge in [0.2, 0.25) is 0 Å². The topological polar surface area (TPSA) is 35.2 Å². The minimum Gasteiger partial charge on any atom is -0.367 e. The maximum atomic E-state index is 5.88. The fourth-order valence-electron chi connectivity index (χ4n) is 1.59. The number of hydrogen-bond donors (Lipinski definition) is 1. The molecule has 2 nitrogen and oxygen atoms in total. The first-order valence-corrected chi connectivity index (χ1v) is 7.95. The first-order chi connectivity index (χ1) is 8.69. The van der Waals surface area contributed by atoms with Crippen LogP contribution < -0.4 is 5.73 Å². The van der Waals surface area contributed by atoms with Gasteiger partial charge >= 0.3 is 0 Å². The lowest BCUT2D eigenvalue weighted by molar-refractivity contribution is 0.0479. The van der Waals surface area contributed by atoms with E-state index in [0.29, 0.717) is 13.2 Å². The summed E-state index contributed by atoms with van der Waals surface area (Å²) in [5, 5.41) is 2.04. The van der Waals surface area contributed by atoms with Gasteiger partial charge in [0, 0.05) is 25.7 Å². The molecule has 0 radical (unpaired) electrons. The molecule has 1 aromatic heterocycles. The van der Waals surface area contributed by atoms with Crippen molar-refractivity contribution in [3.05, 3.63) is 55.1 Å². The van der Waals surface area contributed by atoms with Crippen LogP contribution in [-0.2, 0) is 11.3 Å². The first-order valence-electron chi connectivity index (χ1n) is 5.49. The third-order valence-electron chi connectivity index (χ3n) is 2.46. The minimum absolute atomic E-state index is 0.0414. The summed E-state index contributed by atoms with van der Waals surface area (Å²) in [6, 6.07) is 10.2. The molecule has 1 aromatic carbocycles. The van der Waals surface area contributed by atoms with Crippen molar-refractivity contribution >= 4 is 43.2 Å². The average Bonchev–Trinajstić information content (AvgIpc) is 2.77. The van der Waals surface area contributed by atoms with Gasteiger partial charge in [0.1, 0.15) is 6.10 Å². The van der Waals surface area contributed by atoms with E-state index in [9.17, 15) is 0 Å². The molecule has 0 spiro atoms. The van der Waals surface area contributed by atoms with E-state index in [1.165, 1.54) is 0 Å². The zero-order valence-electron chi connectivity index (χ0n) is 9.61. The van der Waals surface area contributed by atoms with Gasteiger partial charge in [0.05, 0.1) is 6.61 Å². The van der Waals surface area contributed by atoms with Crippen molar-refractivity contribution in [3.8, 4) is 0 Å². The second-order valence-electron chi connectivity index (χ2n) is 3.83. The molecule has 0 aliphatic heterocycles. The van der Waals surface area contributed by atoms with Crippen molar-refractivity contribution in [1.82, 2.24) is 0 Å². The van der Waals surface area contributed by atoms with Gasteiger partial charge in [-0.25, -0.2) is 0 Å². The van der Waals surface area contributed by atoms with Gasteiger partial charge in [-0.3, -0.25) is 0 Å². The Morgan fingerprint density at radius 3 is 2.67 bits per heavy atom. The average molecular weight is 391 g/mol. The van der Waals surface area contributed by atoms with Gasteiger partial charge in [-0.05, 0) is 39.7 Å². The number of nitrogens with two attached hydrogens (primary N) is 1. The van der Waals surface area contributed by atoms with Crippen LogP contribution in [0.2, 0.25) is 0 Å². The Labute approximate surface area is 127 Å². The number of thiophene rings is 1. The summed E-state index contributed by atoms with van der Waals surface area (Å²) in [4.78, 5) is 1.15. The molecule has 0 fully saturated rings. The predicted molar refractivity (Wildman–Crippen MR) is 82.7 cm³/mol. The van der Waals surface area contributed by atoms with Gasteiger partial charge < -0.3 is 10.5 Å². The maximum Gasteiger partial charge on any atom is 0.104 e. The molecule has 96 valence electrons. The van der Waals surface area contributed by atoms with Crippen LogP contribution in [0, 0.1) is 0 Å². The largest absolute Gasteiger partial charge is 0.367 e. The monoisotopic (exact) mass is 389 g/mol. The molecule has 0 aliphatic carbocycles. The number of rotatable bonds is 5. The molecule has 0 saturated carbocycles. The maximum absolute atomic E-state index is 5.88. The van der Waals surface area contributed by atoms with E-state index >= 15 is 0 Å². The van der Waals surface area contributed by atoms with Crippen molar-refractivity contribution in [3.63, 3.8) is 0 Å². The van der Waals surface area contributed by atoms with Crippen LogP contribution in [0.5, 0.6) is 0 Å². The fraction of sp³-hybridized carbons (Fsp3) is 0.231. The van der Waals surface area contributed by atoms with E-state index in [1.807, 2.05) is 23.6 Å². The van der Waals surface area contributed by atoms with Crippen LogP contribution in [0.15, 0.2) is 44.7 Å². The highest BCUT2D eigenvalue weighted by Crippen LogP contribution is 2.28. The van der Waals surface area contributed by atoms with Crippen molar-refractivity contribution in [2.45, 2.75) is 12.7 Å². The second-order valence-corrected chi connectivity index (χ2v) is 6.61. The van der Waals surface area contributed by atoms with E-state index in [0.717, 1.165) is 19.4 Å². The summed E-state index contributed by atoms with van der Waals surface area (Å²) in [5.74, 6) is 0. The number of hydrogen-bond acceptors (Lipinski definition) is 3. The molecule has 0 aliphatic rings. The lowest BCUT2D eigenvalue weighted by atomic mass is 10.2. The second kappa shape index (κ2) is 6.82. The van der Waals surface area contributed by atoms with Crippen molar-refractivity contribution in [2.24, 2.45) is 5.73 Å².